The van der Waals surface area contributed by atoms with Crippen LogP contribution in [0.15, 0.2) is 30.5 Å². The van der Waals surface area contributed by atoms with Crippen LogP contribution in [-0.4, -0.2) is 9.91 Å². The molecular weight excluding hydrogens is 348 g/mol. The Bertz CT molecular complexity index is 664. The SMILES string of the molecule is Cc1cc(CBr)cnc1Oc1ccc(Cl)cc1[N+](=O)[O-]. The van der Waals surface area contributed by atoms with Crippen LogP contribution in [0, 0.1) is 17.0 Å². The molecule has 0 saturated carbocycles. The van der Waals surface area contributed by atoms with Gasteiger partial charge in [0.2, 0.25) is 11.6 Å². The highest BCUT2D eigenvalue weighted by Crippen LogP contribution is 2.34. The first-order valence-electron chi connectivity index (χ1n) is 5.64. The number of hydrogen-bond acceptors (Lipinski definition) is 4. The summed E-state index contributed by atoms with van der Waals surface area (Å²) in [5.74, 6) is 0.446. The Hall–Kier alpha value is -1.66. The third-order valence-corrected chi connectivity index (χ3v) is 3.45. The second-order valence-corrected chi connectivity index (χ2v) is 5.07. The third-order valence-electron chi connectivity index (χ3n) is 2.57. The Balaban J connectivity index is 2.37. The van der Waals surface area contributed by atoms with Gasteiger partial charge >= 0.3 is 5.69 Å². The van der Waals surface area contributed by atoms with E-state index in [1.54, 1.807) is 6.20 Å². The van der Waals surface area contributed by atoms with Gasteiger partial charge in [0.25, 0.3) is 0 Å². The van der Waals surface area contributed by atoms with Gasteiger partial charge in [-0.15, -0.1) is 0 Å². The Morgan fingerprint density at radius 1 is 1.45 bits per heavy atom. The van der Waals surface area contributed by atoms with E-state index in [2.05, 4.69) is 20.9 Å². The Kier molecular flexibility index (Phi) is 4.57. The first-order valence-corrected chi connectivity index (χ1v) is 7.14. The minimum Gasteiger partial charge on any atom is -0.432 e. The lowest BCUT2D eigenvalue weighted by molar-refractivity contribution is -0.385. The average Bonchev–Trinajstić information content (AvgIpc) is 2.42. The molecule has 0 spiro atoms. The summed E-state index contributed by atoms with van der Waals surface area (Å²) in [6.45, 7) is 1.83. The molecule has 0 aliphatic heterocycles. The third kappa shape index (κ3) is 3.26. The quantitative estimate of drug-likeness (QED) is 0.454. The van der Waals surface area contributed by atoms with Gasteiger partial charge in [0.05, 0.1) is 4.92 Å². The number of halogens is 2. The lowest BCUT2D eigenvalue weighted by Crippen LogP contribution is -1.97. The number of nitrogens with zero attached hydrogens (tertiary/aromatic N) is 2. The van der Waals surface area contributed by atoms with Crippen molar-refractivity contribution in [2.75, 3.05) is 0 Å². The summed E-state index contributed by atoms with van der Waals surface area (Å²) < 4.78 is 5.53. The van der Waals surface area contributed by atoms with Crippen LogP contribution in [0.5, 0.6) is 11.6 Å². The molecule has 0 fully saturated rings. The Labute approximate surface area is 128 Å². The van der Waals surface area contributed by atoms with E-state index in [-0.39, 0.29) is 16.5 Å². The Morgan fingerprint density at radius 3 is 2.80 bits per heavy atom. The van der Waals surface area contributed by atoms with Gasteiger partial charge in [0.15, 0.2) is 0 Å². The van der Waals surface area contributed by atoms with E-state index in [0.717, 1.165) is 11.1 Å². The highest BCUT2D eigenvalue weighted by Gasteiger charge is 2.17. The molecule has 0 aliphatic carbocycles. The number of ether oxygens (including phenoxy) is 1. The van der Waals surface area contributed by atoms with Crippen LogP contribution in [0.1, 0.15) is 11.1 Å². The average molecular weight is 358 g/mol. The van der Waals surface area contributed by atoms with Gasteiger partial charge in [-0.05, 0) is 30.7 Å². The summed E-state index contributed by atoms with van der Waals surface area (Å²) in [7, 11) is 0. The maximum Gasteiger partial charge on any atom is 0.313 e. The van der Waals surface area contributed by atoms with Crippen molar-refractivity contribution in [2.24, 2.45) is 0 Å². The van der Waals surface area contributed by atoms with Crippen LogP contribution in [0.2, 0.25) is 5.02 Å². The predicted octanol–water partition coefficient (Wildman–Crippen LogP) is 4.64. The van der Waals surface area contributed by atoms with Gasteiger partial charge in [-0.1, -0.05) is 27.5 Å². The number of aromatic nitrogens is 1. The number of aryl methyl sites for hydroxylation is 1. The maximum absolute atomic E-state index is 11.0. The molecule has 0 atom stereocenters. The van der Waals surface area contributed by atoms with Crippen molar-refractivity contribution in [3.63, 3.8) is 0 Å². The molecule has 0 bridgehead atoms. The molecule has 7 heteroatoms. The maximum atomic E-state index is 11.0. The lowest BCUT2D eigenvalue weighted by Gasteiger charge is -2.09. The zero-order valence-corrected chi connectivity index (χ0v) is 12.8. The molecule has 5 nitrogen and oxygen atoms in total. The van der Waals surface area contributed by atoms with Crippen molar-refractivity contribution in [3.8, 4) is 11.6 Å². The number of nitro benzene ring substituents is 1. The molecule has 1 heterocycles. The summed E-state index contributed by atoms with van der Waals surface area (Å²) in [6, 6.07) is 6.14. The van der Waals surface area contributed by atoms with Gasteiger partial charge in [0, 0.05) is 28.2 Å². The highest BCUT2D eigenvalue weighted by atomic mass is 79.9. The molecule has 0 radical (unpaired) electrons. The van der Waals surface area contributed by atoms with Gasteiger partial charge in [-0.2, -0.15) is 0 Å². The number of benzene rings is 1. The monoisotopic (exact) mass is 356 g/mol. The number of hydrogen-bond donors (Lipinski definition) is 0. The lowest BCUT2D eigenvalue weighted by atomic mass is 10.2. The zero-order chi connectivity index (χ0) is 14.7. The van der Waals surface area contributed by atoms with Crippen LogP contribution < -0.4 is 4.74 Å². The van der Waals surface area contributed by atoms with E-state index >= 15 is 0 Å². The summed E-state index contributed by atoms with van der Waals surface area (Å²) in [6.07, 6.45) is 1.65. The topological polar surface area (TPSA) is 65.3 Å². The van der Waals surface area contributed by atoms with Crippen LogP contribution >= 0.6 is 27.5 Å². The van der Waals surface area contributed by atoms with Gasteiger partial charge < -0.3 is 4.74 Å². The molecule has 20 heavy (non-hydrogen) atoms. The molecule has 0 N–H and O–H groups in total. The summed E-state index contributed by atoms with van der Waals surface area (Å²) in [5.41, 5.74) is 1.61. The van der Waals surface area contributed by atoms with Crippen molar-refractivity contribution in [1.82, 2.24) is 4.98 Å². The van der Waals surface area contributed by atoms with E-state index in [0.29, 0.717) is 11.2 Å². The van der Waals surface area contributed by atoms with E-state index in [1.165, 1.54) is 18.2 Å². The fourth-order valence-electron chi connectivity index (χ4n) is 1.62. The number of rotatable bonds is 4. The van der Waals surface area contributed by atoms with Crippen molar-refractivity contribution < 1.29 is 9.66 Å². The fourth-order valence-corrected chi connectivity index (χ4v) is 2.10. The summed E-state index contributed by atoms with van der Waals surface area (Å²) in [4.78, 5) is 14.6. The zero-order valence-electron chi connectivity index (χ0n) is 10.5. The largest absolute Gasteiger partial charge is 0.432 e. The first kappa shape index (κ1) is 14.7. The number of pyridine rings is 1. The van der Waals surface area contributed by atoms with E-state index in [9.17, 15) is 10.1 Å². The second kappa shape index (κ2) is 6.19. The van der Waals surface area contributed by atoms with Crippen LogP contribution in [0.25, 0.3) is 0 Å². The Morgan fingerprint density at radius 2 is 2.20 bits per heavy atom. The van der Waals surface area contributed by atoms with E-state index in [4.69, 9.17) is 16.3 Å². The smallest absolute Gasteiger partial charge is 0.313 e. The van der Waals surface area contributed by atoms with E-state index < -0.39 is 4.92 Å². The fraction of sp³-hybridized carbons (Fsp3) is 0.154. The molecule has 1 aromatic carbocycles. The molecular formula is C13H10BrClN2O3. The predicted molar refractivity (Wildman–Crippen MR) is 79.8 cm³/mol. The van der Waals surface area contributed by atoms with Crippen molar-refractivity contribution in [3.05, 3.63) is 56.7 Å². The van der Waals surface area contributed by atoms with Gasteiger partial charge in [-0.3, -0.25) is 10.1 Å². The number of nitro groups is 1. The van der Waals surface area contributed by atoms with Crippen LogP contribution in [0.4, 0.5) is 5.69 Å². The van der Waals surface area contributed by atoms with Crippen molar-refractivity contribution in [2.45, 2.75) is 12.3 Å². The molecule has 0 unspecified atom stereocenters. The van der Waals surface area contributed by atoms with Crippen molar-refractivity contribution >= 4 is 33.2 Å². The molecule has 0 amide bonds. The van der Waals surface area contributed by atoms with Crippen LogP contribution in [0.3, 0.4) is 0 Å². The molecule has 2 rings (SSSR count). The van der Waals surface area contributed by atoms with Gasteiger partial charge in [-0.25, -0.2) is 4.98 Å². The highest BCUT2D eigenvalue weighted by molar-refractivity contribution is 9.08. The molecule has 1 aromatic heterocycles. The van der Waals surface area contributed by atoms with E-state index in [1.807, 2.05) is 13.0 Å². The number of alkyl halides is 1. The van der Waals surface area contributed by atoms with Crippen molar-refractivity contribution in [1.29, 1.82) is 0 Å². The second-order valence-electron chi connectivity index (χ2n) is 4.07. The molecule has 0 saturated heterocycles. The van der Waals surface area contributed by atoms with Gasteiger partial charge in [0.1, 0.15) is 0 Å². The normalized spacial score (nSPS) is 10.3. The molecule has 0 aliphatic rings. The minimum atomic E-state index is -0.538. The molecule has 104 valence electrons. The standard InChI is InChI=1S/C13H10BrClN2O3/c1-8-4-9(6-14)7-16-13(8)20-12-3-2-10(15)5-11(12)17(18)19/h2-5,7H,6H2,1H3. The van der Waals surface area contributed by atoms with Crippen LogP contribution in [-0.2, 0) is 5.33 Å². The first-order chi connectivity index (χ1) is 9.51. The summed E-state index contributed by atoms with van der Waals surface area (Å²) in [5, 5.41) is 12.0. The minimum absolute atomic E-state index is 0.113. The molecule has 2 aromatic rings. The summed E-state index contributed by atoms with van der Waals surface area (Å²) >= 11 is 9.09.